The first-order valence-corrected chi connectivity index (χ1v) is 16.3. The second-order valence-corrected chi connectivity index (χ2v) is 12.9. The van der Waals surface area contributed by atoms with Gasteiger partial charge in [-0.25, -0.2) is 12.8 Å². The standard InChI is InChI=1S/C35H32FN3O5S/c1-37-35(41)33-28-20-27(31(38(2)45(3,42)43)21-32(28)44-34(33)22-12-14-26(36)15-13-22)23-9-6-10-24(18-23)30-19-25-8-4-5-11-29(25)39(30)16-7-17-40/h4-6,8-15,18-21,40H,7,16-17H2,1-3H3,(H,37,41). The van der Waals surface area contributed by atoms with Crippen LogP contribution >= 0.6 is 0 Å². The van der Waals surface area contributed by atoms with E-state index < -0.39 is 21.7 Å². The SMILES string of the molecule is CNC(=O)c1c(-c2ccc(F)cc2)oc2cc(N(C)S(C)(=O)=O)c(-c3cccc(-c4cc5ccccc5n4CCCO)c3)cc12. The lowest BCUT2D eigenvalue weighted by molar-refractivity contribution is 0.0964. The van der Waals surface area contributed by atoms with E-state index >= 15 is 0 Å². The maximum atomic E-state index is 13.7. The third-order valence-electron chi connectivity index (χ3n) is 8.02. The van der Waals surface area contributed by atoms with Gasteiger partial charge in [0.25, 0.3) is 5.91 Å². The largest absolute Gasteiger partial charge is 0.455 e. The van der Waals surface area contributed by atoms with Gasteiger partial charge in [0.05, 0.1) is 17.5 Å². The van der Waals surface area contributed by atoms with Crippen molar-refractivity contribution in [3.8, 4) is 33.7 Å². The molecular weight excluding hydrogens is 593 g/mol. The molecule has 10 heteroatoms. The molecule has 0 saturated heterocycles. The summed E-state index contributed by atoms with van der Waals surface area (Å²) in [6.45, 7) is 0.680. The molecule has 0 unspecified atom stereocenters. The number of amides is 1. The number of nitrogens with one attached hydrogen (secondary N) is 1. The average molecular weight is 626 g/mol. The minimum absolute atomic E-state index is 0.0610. The van der Waals surface area contributed by atoms with Gasteiger partial charge in [0.1, 0.15) is 17.2 Å². The fourth-order valence-corrected chi connectivity index (χ4v) is 6.23. The molecular formula is C35H32FN3O5S. The molecule has 1 amide bonds. The molecule has 45 heavy (non-hydrogen) atoms. The van der Waals surface area contributed by atoms with E-state index in [2.05, 4.69) is 16.0 Å². The summed E-state index contributed by atoms with van der Waals surface area (Å²) in [7, 11) is -0.702. The molecule has 0 fully saturated rings. The summed E-state index contributed by atoms with van der Waals surface area (Å²) in [6, 6.07) is 27.0. The van der Waals surface area contributed by atoms with Crippen LogP contribution < -0.4 is 9.62 Å². The Hall–Kier alpha value is -4.93. The van der Waals surface area contributed by atoms with E-state index in [1.165, 1.54) is 42.7 Å². The summed E-state index contributed by atoms with van der Waals surface area (Å²) in [5, 5.41) is 13.8. The van der Waals surface area contributed by atoms with Gasteiger partial charge < -0.3 is 19.4 Å². The monoisotopic (exact) mass is 625 g/mol. The lowest BCUT2D eigenvalue weighted by Crippen LogP contribution is -2.25. The summed E-state index contributed by atoms with van der Waals surface area (Å²) in [4.78, 5) is 13.3. The van der Waals surface area contributed by atoms with Crippen LogP contribution in [0.1, 0.15) is 16.8 Å². The van der Waals surface area contributed by atoms with Gasteiger partial charge in [-0.3, -0.25) is 9.10 Å². The Balaban J connectivity index is 1.60. The van der Waals surface area contributed by atoms with Crippen LogP contribution in [0.25, 0.3) is 55.6 Å². The number of fused-ring (bicyclic) bond motifs is 2. The molecule has 2 heterocycles. The number of aryl methyl sites for hydroxylation is 1. The topological polar surface area (TPSA) is 105 Å². The van der Waals surface area contributed by atoms with E-state index in [0.717, 1.165) is 34.0 Å². The van der Waals surface area contributed by atoms with Crippen LogP contribution in [0.15, 0.2) is 95.4 Å². The summed E-state index contributed by atoms with van der Waals surface area (Å²) in [5.41, 5.74) is 5.65. The molecule has 0 radical (unpaired) electrons. The van der Waals surface area contributed by atoms with Crippen molar-refractivity contribution in [3.63, 3.8) is 0 Å². The van der Waals surface area contributed by atoms with E-state index in [4.69, 9.17) is 4.42 Å². The van der Waals surface area contributed by atoms with Crippen LogP contribution in [0, 0.1) is 5.82 Å². The minimum atomic E-state index is -3.69. The summed E-state index contributed by atoms with van der Waals surface area (Å²) in [6.07, 6.45) is 1.71. The van der Waals surface area contributed by atoms with Crippen molar-refractivity contribution in [1.82, 2.24) is 9.88 Å². The number of aliphatic hydroxyl groups excluding tert-OH is 1. The Morgan fingerprint density at radius 1 is 0.956 bits per heavy atom. The van der Waals surface area contributed by atoms with Crippen molar-refractivity contribution in [2.24, 2.45) is 0 Å². The zero-order valence-corrected chi connectivity index (χ0v) is 25.9. The van der Waals surface area contributed by atoms with Gasteiger partial charge in [0.15, 0.2) is 0 Å². The van der Waals surface area contributed by atoms with Gasteiger partial charge in [-0.1, -0.05) is 36.4 Å². The zero-order valence-electron chi connectivity index (χ0n) is 25.0. The van der Waals surface area contributed by atoms with Gasteiger partial charge in [-0.15, -0.1) is 0 Å². The molecule has 6 rings (SSSR count). The molecule has 0 aliphatic heterocycles. The van der Waals surface area contributed by atoms with Crippen molar-refractivity contribution in [2.45, 2.75) is 13.0 Å². The molecule has 230 valence electrons. The minimum Gasteiger partial charge on any atom is -0.455 e. The summed E-state index contributed by atoms with van der Waals surface area (Å²) in [5.74, 6) is -0.576. The van der Waals surface area contributed by atoms with Gasteiger partial charge in [-0.2, -0.15) is 0 Å². The number of aliphatic hydroxyl groups is 1. The van der Waals surface area contributed by atoms with Gasteiger partial charge >= 0.3 is 0 Å². The highest BCUT2D eigenvalue weighted by Crippen LogP contribution is 2.42. The molecule has 8 nitrogen and oxygen atoms in total. The Kier molecular flexibility index (Phi) is 7.94. The zero-order chi connectivity index (χ0) is 31.9. The normalized spacial score (nSPS) is 11.8. The summed E-state index contributed by atoms with van der Waals surface area (Å²) >= 11 is 0. The molecule has 0 aliphatic carbocycles. The molecule has 0 aliphatic rings. The number of para-hydroxylation sites is 1. The van der Waals surface area contributed by atoms with Crippen molar-refractivity contribution in [2.75, 3.05) is 31.3 Å². The molecule has 6 aromatic rings. The average Bonchev–Trinajstić information content (AvgIpc) is 3.60. The van der Waals surface area contributed by atoms with E-state index in [0.29, 0.717) is 40.7 Å². The van der Waals surface area contributed by atoms with Crippen LogP contribution in [-0.4, -0.2) is 51.0 Å². The lowest BCUT2D eigenvalue weighted by atomic mass is 9.96. The van der Waals surface area contributed by atoms with Crippen LogP contribution in [0.5, 0.6) is 0 Å². The Morgan fingerprint density at radius 3 is 2.40 bits per heavy atom. The molecule has 0 spiro atoms. The number of hydrogen-bond donors (Lipinski definition) is 2. The maximum absolute atomic E-state index is 13.7. The highest BCUT2D eigenvalue weighted by atomic mass is 32.2. The summed E-state index contributed by atoms with van der Waals surface area (Å²) < 4.78 is 49.0. The predicted molar refractivity (Wildman–Crippen MR) is 176 cm³/mol. The third kappa shape index (κ3) is 5.58. The second kappa shape index (κ2) is 11.9. The van der Waals surface area contributed by atoms with Crippen LogP contribution in [0.3, 0.4) is 0 Å². The van der Waals surface area contributed by atoms with Gasteiger partial charge in [0, 0.05) is 66.4 Å². The second-order valence-electron chi connectivity index (χ2n) is 10.9. The van der Waals surface area contributed by atoms with Crippen LogP contribution in [-0.2, 0) is 16.6 Å². The first-order chi connectivity index (χ1) is 21.6. The first kappa shape index (κ1) is 30.1. The highest BCUT2D eigenvalue weighted by molar-refractivity contribution is 7.92. The third-order valence-corrected chi connectivity index (χ3v) is 9.21. The first-order valence-electron chi connectivity index (χ1n) is 14.4. The van der Waals surface area contributed by atoms with Crippen molar-refractivity contribution < 1.29 is 27.1 Å². The fourth-order valence-electron chi connectivity index (χ4n) is 5.72. The lowest BCUT2D eigenvalue weighted by Gasteiger charge is -2.21. The quantitative estimate of drug-likeness (QED) is 0.187. The van der Waals surface area contributed by atoms with Gasteiger partial charge in [0.2, 0.25) is 10.0 Å². The number of anilines is 1. The van der Waals surface area contributed by atoms with E-state index in [-0.39, 0.29) is 17.9 Å². The molecule has 0 atom stereocenters. The number of nitrogens with zero attached hydrogens (tertiary/aromatic N) is 2. The number of hydrogen-bond acceptors (Lipinski definition) is 5. The Labute approximate surface area is 260 Å². The number of carbonyl (C=O) groups is 1. The number of rotatable bonds is 9. The van der Waals surface area contributed by atoms with Gasteiger partial charge in [-0.05, 0) is 66.1 Å². The molecule has 2 N–H and O–H groups in total. The number of furan rings is 1. The van der Waals surface area contributed by atoms with E-state index in [1.54, 1.807) is 12.1 Å². The number of carbonyl (C=O) groups excluding carboxylic acids is 1. The number of halogens is 1. The van der Waals surface area contributed by atoms with Crippen LogP contribution in [0.4, 0.5) is 10.1 Å². The number of sulfonamides is 1. The van der Waals surface area contributed by atoms with Crippen molar-refractivity contribution in [1.29, 1.82) is 0 Å². The van der Waals surface area contributed by atoms with Crippen LogP contribution in [0.2, 0.25) is 0 Å². The highest BCUT2D eigenvalue weighted by Gasteiger charge is 2.26. The molecule has 0 saturated carbocycles. The smallest absolute Gasteiger partial charge is 0.255 e. The Bertz CT molecular complexity index is 2170. The number of benzene rings is 4. The molecule has 4 aromatic carbocycles. The Morgan fingerprint density at radius 2 is 1.69 bits per heavy atom. The number of aromatic nitrogens is 1. The van der Waals surface area contributed by atoms with Crippen molar-refractivity contribution in [3.05, 3.63) is 102 Å². The van der Waals surface area contributed by atoms with E-state index in [9.17, 15) is 22.7 Å². The molecule has 2 aromatic heterocycles. The maximum Gasteiger partial charge on any atom is 0.255 e. The van der Waals surface area contributed by atoms with Crippen molar-refractivity contribution >= 4 is 43.5 Å². The molecule has 0 bridgehead atoms. The predicted octanol–water partition coefficient (Wildman–Crippen LogP) is 6.67. The van der Waals surface area contributed by atoms with E-state index in [1.807, 2.05) is 48.5 Å². The fraction of sp³-hybridized carbons (Fsp3) is 0.171.